The molecule has 1 amide bonds. The Morgan fingerprint density at radius 2 is 2.10 bits per heavy atom. The van der Waals surface area contributed by atoms with Crippen LogP contribution in [-0.2, 0) is 14.3 Å². The van der Waals surface area contributed by atoms with Crippen LogP contribution in [0.4, 0.5) is 5.69 Å². The van der Waals surface area contributed by atoms with Crippen molar-refractivity contribution in [2.24, 2.45) is 0 Å². The molecule has 1 aromatic rings. The minimum Gasteiger partial charge on any atom is -0.464 e. The Kier molecular flexibility index (Phi) is 4.29. The van der Waals surface area contributed by atoms with Crippen molar-refractivity contribution in [3.8, 4) is 0 Å². The molecule has 1 unspecified atom stereocenters. The molecule has 1 aliphatic heterocycles. The number of nitrogens with one attached hydrogen (secondary N) is 2. The molecule has 2 rings (SSSR count). The van der Waals surface area contributed by atoms with Gasteiger partial charge in [-0.05, 0) is 19.9 Å². The zero-order chi connectivity index (χ0) is 14.7. The number of anilines is 1. The van der Waals surface area contributed by atoms with E-state index in [2.05, 4.69) is 10.6 Å². The number of allylic oxidation sites excluding steroid dienone is 1. The van der Waals surface area contributed by atoms with Gasteiger partial charge in [0.2, 0.25) is 0 Å². The molecule has 0 saturated heterocycles. The molecule has 6 heteroatoms. The van der Waals surface area contributed by atoms with Crippen molar-refractivity contribution in [1.29, 1.82) is 0 Å². The van der Waals surface area contributed by atoms with E-state index in [0.29, 0.717) is 16.3 Å². The molecule has 1 heterocycles. The van der Waals surface area contributed by atoms with Gasteiger partial charge in [0.1, 0.15) is 5.70 Å². The zero-order valence-corrected chi connectivity index (χ0v) is 12.0. The molecule has 1 aromatic carbocycles. The molecule has 5 nitrogen and oxygen atoms in total. The monoisotopic (exact) mass is 294 g/mol. The maximum absolute atomic E-state index is 12.1. The third-order valence-electron chi connectivity index (χ3n) is 2.90. The minimum atomic E-state index is -0.848. The van der Waals surface area contributed by atoms with Crippen LogP contribution in [0.5, 0.6) is 0 Å². The van der Waals surface area contributed by atoms with Gasteiger partial charge in [-0.3, -0.25) is 4.79 Å². The summed E-state index contributed by atoms with van der Waals surface area (Å²) in [6.07, 6.45) is 0. The zero-order valence-electron chi connectivity index (χ0n) is 11.2. The molecule has 0 spiro atoms. The highest BCUT2D eigenvalue weighted by Crippen LogP contribution is 2.29. The van der Waals surface area contributed by atoms with E-state index in [-0.39, 0.29) is 12.3 Å². The largest absolute Gasteiger partial charge is 0.464 e. The molecule has 106 valence electrons. The molecule has 0 saturated carbocycles. The average molecular weight is 295 g/mol. The minimum absolute atomic E-state index is 0.228. The normalized spacial score (nSPS) is 20.1. The smallest absolute Gasteiger partial charge is 0.333 e. The third kappa shape index (κ3) is 2.77. The summed E-state index contributed by atoms with van der Waals surface area (Å²) in [4.78, 5) is 24.1. The van der Waals surface area contributed by atoms with E-state index in [1.54, 1.807) is 32.0 Å². The summed E-state index contributed by atoms with van der Waals surface area (Å²) in [6, 6.07) is 6.30. The van der Waals surface area contributed by atoms with Crippen LogP contribution in [0.1, 0.15) is 25.5 Å². The Labute approximate surface area is 121 Å². The third-order valence-corrected chi connectivity index (χ3v) is 3.09. The molecule has 0 aromatic heterocycles. The predicted molar refractivity (Wildman–Crippen MR) is 76.1 cm³/mol. The van der Waals surface area contributed by atoms with Crippen molar-refractivity contribution in [2.45, 2.75) is 19.9 Å². The summed E-state index contributed by atoms with van der Waals surface area (Å²) in [5.41, 5.74) is 1.53. The van der Waals surface area contributed by atoms with Gasteiger partial charge < -0.3 is 15.4 Å². The van der Waals surface area contributed by atoms with Crippen LogP contribution >= 0.6 is 11.6 Å². The first-order chi connectivity index (χ1) is 9.54. The lowest BCUT2D eigenvalue weighted by Crippen LogP contribution is -2.34. The van der Waals surface area contributed by atoms with Gasteiger partial charge in [-0.1, -0.05) is 29.8 Å². The maximum Gasteiger partial charge on any atom is 0.333 e. The van der Waals surface area contributed by atoms with Crippen LogP contribution in [0, 0.1) is 0 Å². The fourth-order valence-corrected chi connectivity index (χ4v) is 2.12. The molecule has 1 aliphatic rings. The van der Waals surface area contributed by atoms with E-state index in [1.807, 2.05) is 6.07 Å². The van der Waals surface area contributed by atoms with Crippen LogP contribution in [0.3, 0.4) is 0 Å². The summed E-state index contributed by atoms with van der Waals surface area (Å²) in [7, 11) is 0. The van der Waals surface area contributed by atoms with Gasteiger partial charge in [0, 0.05) is 16.3 Å². The van der Waals surface area contributed by atoms with E-state index < -0.39 is 17.9 Å². The Morgan fingerprint density at radius 1 is 1.40 bits per heavy atom. The van der Waals surface area contributed by atoms with Crippen LogP contribution in [0.25, 0.3) is 0 Å². The van der Waals surface area contributed by atoms with Gasteiger partial charge in [0.15, 0.2) is 6.04 Å². The number of halogens is 1. The first kappa shape index (κ1) is 14.4. The van der Waals surface area contributed by atoms with Crippen molar-refractivity contribution >= 4 is 29.2 Å². The summed E-state index contributed by atoms with van der Waals surface area (Å²) < 4.78 is 5.01. The SMILES string of the molecule is CCOC(=O)C1NC(=O)/C(=C(\C)Cl)Nc2ccccc21. The number of hydrogen-bond donors (Lipinski definition) is 2. The molecule has 0 fully saturated rings. The number of hydrogen-bond acceptors (Lipinski definition) is 4. The lowest BCUT2D eigenvalue weighted by Gasteiger charge is -2.16. The first-order valence-electron chi connectivity index (χ1n) is 6.24. The van der Waals surface area contributed by atoms with Crippen LogP contribution < -0.4 is 10.6 Å². The number of esters is 1. The van der Waals surface area contributed by atoms with E-state index in [4.69, 9.17) is 16.3 Å². The Hall–Kier alpha value is -2.01. The molecule has 0 bridgehead atoms. The van der Waals surface area contributed by atoms with Crippen LogP contribution in [0.15, 0.2) is 35.0 Å². The van der Waals surface area contributed by atoms with Crippen molar-refractivity contribution in [1.82, 2.24) is 5.32 Å². The predicted octanol–water partition coefficient (Wildman–Crippen LogP) is 2.30. The molecule has 2 N–H and O–H groups in total. The number of carbonyl (C=O) groups excluding carboxylic acids is 2. The topological polar surface area (TPSA) is 67.4 Å². The van der Waals surface area contributed by atoms with Gasteiger partial charge in [-0.25, -0.2) is 4.79 Å². The second-order valence-electron chi connectivity index (χ2n) is 4.28. The number of benzene rings is 1. The van der Waals surface area contributed by atoms with Crippen LogP contribution in [-0.4, -0.2) is 18.5 Å². The summed E-state index contributed by atoms with van der Waals surface area (Å²) >= 11 is 5.92. The molecule has 1 atom stereocenters. The highest BCUT2D eigenvalue weighted by Gasteiger charge is 2.31. The standard InChI is InChI=1S/C14H15ClN2O3/c1-3-20-14(19)12-9-6-4-5-7-10(9)16-11(8(2)15)13(18)17-12/h4-7,12,16H,3H2,1-2H3,(H,17,18)/b11-8-. The Morgan fingerprint density at radius 3 is 2.75 bits per heavy atom. The lowest BCUT2D eigenvalue weighted by atomic mass is 10.1. The fourth-order valence-electron chi connectivity index (χ4n) is 1.99. The van der Waals surface area contributed by atoms with Crippen molar-refractivity contribution in [3.05, 3.63) is 40.6 Å². The number of ether oxygens (including phenoxy) is 1. The number of para-hydroxylation sites is 1. The average Bonchev–Trinajstić information content (AvgIpc) is 2.56. The summed E-state index contributed by atoms with van der Waals surface area (Å²) in [5, 5.41) is 5.92. The van der Waals surface area contributed by atoms with Gasteiger partial charge >= 0.3 is 5.97 Å². The molecular formula is C14H15ClN2O3. The number of rotatable bonds is 2. The molecule has 20 heavy (non-hydrogen) atoms. The van der Waals surface area contributed by atoms with Crippen molar-refractivity contribution < 1.29 is 14.3 Å². The number of carbonyl (C=O) groups is 2. The quantitative estimate of drug-likeness (QED) is 0.649. The van der Waals surface area contributed by atoms with Gasteiger partial charge in [-0.15, -0.1) is 0 Å². The van der Waals surface area contributed by atoms with E-state index >= 15 is 0 Å². The van der Waals surface area contributed by atoms with Gasteiger partial charge in [0.25, 0.3) is 5.91 Å². The number of fused-ring (bicyclic) bond motifs is 1. The Bertz CT molecular complexity index is 580. The summed E-state index contributed by atoms with van der Waals surface area (Å²) in [6.45, 7) is 3.57. The van der Waals surface area contributed by atoms with E-state index in [1.165, 1.54) is 0 Å². The Balaban J connectivity index is 2.49. The second-order valence-corrected chi connectivity index (χ2v) is 4.85. The highest BCUT2D eigenvalue weighted by atomic mass is 35.5. The van der Waals surface area contributed by atoms with E-state index in [9.17, 15) is 9.59 Å². The molecule has 0 aliphatic carbocycles. The first-order valence-corrected chi connectivity index (χ1v) is 6.62. The lowest BCUT2D eigenvalue weighted by molar-refractivity contribution is -0.147. The molecule has 0 radical (unpaired) electrons. The van der Waals surface area contributed by atoms with Gasteiger partial charge in [0.05, 0.1) is 6.61 Å². The highest BCUT2D eigenvalue weighted by molar-refractivity contribution is 6.32. The fraction of sp³-hybridized carbons (Fsp3) is 0.286. The van der Waals surface area contributed by atoms with Crippen molar-refractivity contribution in [2.75, 3.05) is 11.9 Å². The number of amides is 1. The molecular weight excluding hydrogens is 280 g/mol. The summed E-state index contributed by atoms with van der Waals surface area (Å²) in [5.74, 6) is -0.935. The van der Waals surface area contributed by atoms with Crippen LogP contribution in [0.2, 0.25) is 0 Å². The maximum atomic E-state index is 12.1. The van der Waals surface area contributed by atoms with E-state index in [0.717, 1.165) is 0 Å². The van der Waals surface area contributed by atoms with Crippen molar-refractivity contribution in [3.63, 3.8) is 0 Å². The van der Waals surface area contributed by atoms with Gasteiger partial charge in [-0.2, -0.15) is 0 Å². The second kappa shape index (κ2) is 5.96.